The third-order valence-corrected chi connectivity index (χ3v) is 3.81. The number of hydrogen-bond acceptors (Lipinski definition) is 6. The van der Waals surface area contributed by atoms with Crippen molar-refractivity contribution in [1.29, 1.82) is 0 Å². The maximum atomic E-state index is 14.3. The van der Waals surface area contributed by atoms with Crippen LogP contribution in [0.25, 0.3) is 0 Å². The van der Waals surface area contributed by atoms with Gasteiger partial charge in [-0.05, 0) is 12.1 Å². The first-order valence-electron chi connectivity index (χ1n) is 7.48. The molecule has 1 aromatic rings. The summed E-state index contributed by atoms with van der Waals surface area (Å²) in [5.74, 6) is -2.99. The average Bonchev–Trinajstić information content (AvgIpc) is 3.16. The van der Waals surface area contributed by atoms with Crippen LogP contribution in [0.1, 0.15) is 6.92 Å². The van der Waals surface area contributed by atoms with Gasteiger partial charge in [-0.3, -0.25) is 19.8 Å². The Hall–Kier alpha value is -2.75. The maximum Gasteiger partial charge on any atom is 0.414 e. The zero-order valence-corrected chi connectivity index (χ0v) is 13.3. The number of benzene rings is 1. The van der Waals surface area contributed by atoms with Crippen LogP contribution in [0.4, 0.5) is 25.0 Å². The van der Waals surface area contributed by atoms with E-state index in [1.807, 2.05) is 0 Å². The third-order valence-electron chi connectivity index (χ3n) is 3.81. The molecule has 8 nitrogen and oxygen atoms in total. The van der Waals surface area contributed by atoms with E-state index < -0.39 is 41.3 Å². The predicted octanol–water partition coefficient (Wildman–Crippen LogP) is 0.747. The number of rotatable bonds is 3. The monoisotopic (exact) mass is 355 g/mol. The van der Waals surface area contributed by atoms with Gasteiger partial charge in [0.15, 0.2) is 17.7 Å². The summed E-state index contributed by atoms with van der Waals surface area (Å²) in [5.41, 5.74) is -0.318. The van der Waals surface area contributed by atoms with Gasteiger partial charge in [-0.1, -0.05) is 0 Å². The molecule has 0 aromatic heterocycles. The second-order valence-electron chi connectivity index (χ2n) is 5.58. The molecule has 0 bridgehead atoms. The fourth-order valence-electron chi connectivity index (χ4n) is 2.67. The molecule has 3 rings (SSSR count). The van der Waals surface area contributed by atoms with Crippen LogP contribution in [0.15, 0.2) is 12.1 Å². The van der Waals surface area contributed by atoms with Crippen molar-refractivity contribution in [3.63, 3.8) is 0 Å². The first-order valence-corrected chi connectivity index (χ1v) is 7.48. The van der Waals surface area contributed by atoms with Gasteiger partial charge in [0.05, 0.1) is 13.1 Å². The van der Waals surface area contributed by atoms with Crippen LogP contribution in [-0.4, -0.2) is 50.4 Å². The summed E-state index contributed by atoms with van der Waals surface area (Å²) < 4.78 is 38.6. The molecule has 0 spiro atoms. The van der Waals surface area contributed by atoms with Crippen molar-refractivity contribution >= 4 is 29.3 Å². The van der Waals surface area contributed by atoms with Crippen LogP contribution >= 0.6 is 0 Å². The minimum Gasteiger partial charge on any atom is -0.447 e. The number of nitrogens with zero attached hydrogens (tertiary/aromatic N) is 2. The normalized spacial score (nSPS) is 20.0. The molecule has 0 radical (unpaired) electrons. The Morgan fingerprint density at radius 1 is 1.28 bits per heavy atom. The van der Waals surface area contributed by atoms with Crippen molar-refractivity contribution in [2.24, 2.45) is 0 Å². The van der Waals surface area contributed by atoms with Crippen LogP contribution < -0.4 is 15.1 Å². The minimum atomic E-state index is -0.928. The van der Waals surface area contributed by atoms with Crippen LogP contribution in [-0.2, 0) is 19.1 Å². The van der Waals surface area contributed by atoms with E-state index in [2.05, 4.69) is 10.1 Å². The van der Waals surface area contributed by atoms with Gasteiger partial charge in [0.25, 0.3) is 5.91 Å². The van der Waals surface area contributed by atoms with Crippen LogP contribution in [0.3, 0.4) is 0 Å². The molecule has 134 valence electrons. The Kier molecular flexibility index (Phi) is 4.53. The van der Waals surface area contributed by atoms with Crippen LogP contribution in [0.5, 0.6) is 0 Å². The zero-order valence-electron chi connectivity index (χ0n) is 13.3. The van der Waals surface area contributed by atoms with E-state index >= 15 is 0 Å². The van der Waals surface area contributed by atoms with Crippen molar-refractivity contribution in [3.8, 4) is 0 Å². The van der Waals surface area contributed by atoms with Crippen LogP contribution in [0.2, 0.25) is 0 Å². The van der Waals surface area contributed by atoms with Gasteiger partial charge < -0.3 is 14.4 Å². The molecule has 0 aliphatic carbocycles. The quantitative estimate of drug-likeness (QED) is 0.861. The van der Waals surface area contributed by atoms with Crippen molar-refractivity contribution < 1.29 is 32.6 Å². The minimum absolute atomic E-state index is 0.0308. The lowest BCUT2D eigenvalue weighted by Gasteiger charge is -2.20. The van der Waals surface area contributed by atoms with Crippen molar-refractivity contribution in [2.75, 3.05) is 36.2 Å². The summed E-state index contributed by atoms with van der Waals surface area (Å²) in [7, 11) is 0. The first-order chi connectivity index (χ1) is 11.9. The van der Waals surface area contributed by atoms with Gasteiger partial charge in [0, 0.05) is 12.6 Å². The molecule has 2 aliphatic rings. The number of amides is 3. The van der Waals surface area contributed by atoms with Crippen molar-refractivity contribution in [3.05, 3.63) is 23.8 Å². The summed E-state index contributed by atoms with van der Waals surface area (Å²) in [4.78, 5) is 36.5. The second kappa shape index (κ2) is 6.63. The summed E-state index contributed by atoms with van der Waals surface area (Å²) in [5, 5.41) is 2.09. The topological polar surface area (TPSA) is 88.2 Å². The molecule has 1 atom stereocenters. The number of ether oxygens (including phenoxy) is 2. The Bertz CT molecular complexity index is 719. The Morgan fingerprint density at radius 3 is 2.52 bits per heavy atom. The van der Waals surface area contributed by atoms with E-state index in [1.54, 1.807) is 0 Å². The van der Waals surface area contributed by atoms with E-state index in [-0.39, 0.29) is 32.1 Å². The number of hydrogen-bond donors (Lipinski definition) is 1. The standard InChI is InChI=1S/C15H15F2N3O5/c1-8(21)18-14(22)12-6-19(7-25-12)9-4-10(16)13(11(17)5-9)20-2-3-24-15(20)23/h4-5,12H,2-3,6-7H2,1H3,(H,18,21,22)/t12-/m0/s1. The smallest absolute Gasteiger partial charge is 0.414 e. The molecule has 2 saturated heterocycles. The molecule has 10 heteroatoms. The molecular formula is C15H15F2N3O5. The van der Waals surface area contributed by atoms with Crippen molar-refractivity contribution in [1.82, 2.24) is 5.32 Å². The van der Waals surface area contributed by atoms with Gasteiger partial charge in [-0.25, -0.2) is 13.6 Å². The lowest BCUT2D eigenvalue weighted by atomic mass is 10.2. The van der Waals surface area contributed by atoms with Crippen LogP contribution in [0, 0.1) is 11.6 Å². The molecule has 1 N–H and O–H groups in total. The van der Waals surface area contributed by atoms with Gasteiger partial charge in [0.2, 0.25) is 5.91 Å². The number of halogens is 2. The predicted molar refractivity (Wildman–Crippen MR) is 81.0 cm³/mol. The SMILES string of the molecule is CC(=O)NC(=O)[C@@H]1CN(c2cc(F)c(N3CCOC3=O)c(F)c2)CO1. The number of nitrogens with one attached hydrogen (secondary N) is 1. The zero-order chi connectivity index (χ0) is 18.1. The molecule has 25 heavy (non-hydrogen) atoms. The Morgan fingerprint density at radius 2 is 1.96 bits per heavy atom. The molecular weight excluding hydrogens is 340 g/mol. The van der Waals surface area contributed by atoms with E-state index in [9.17, 15) is 23.2 Å². The molecule has 3 amide bonds. The van der Waals surface area contributed by atoms with Gasteiger partial charge in [0.1, 0.15) is 19.0 Å². The fraction of sp³-hybridized carbons (Fsp3) is 0.400. The lowest BCUT2D eigenvalue weighted by molar-refractivity contribution is -0.135. The second-order valence-corrected chi connectivity index (χ2v) is 5.58. The van der Waals surface area contributed by atoms with E-state index in [0.29, 0.717) is 0 Å². The van der Waals surface area contributed by atoms with Crippen molar-refractivity contribution in [2.45, 2.75) is 13.0 Å². The third kappa shape index (κ3) is 3.38. The average molecular weight is 355 g/mol. The number of carbonyl (C=O) groups excluding carboxylic acids is 3. The van der Waals surface area contributed by atoms with Gasteiger partial charge in [-0.15, -0.1) is 0 Å². The lowest BCUT2D eigenvalue weighted by Crippen LogP contribution is -2.39. The largest absolute Gasteiger partial charge is 0.447 e. The molecule has 2 heterocycles. The molecule has 2 aliphatic heterocycles. The fourth-order valence-corrected chi connectivity index (χ4v) is 2.67. The van der Waals surface area contributed by atoms with E-state index in [4.69, 9.17) is 4.74 Å². The van der Waals surface area contributed by atoms with Gasteiger partial charge >= 0.3 is 6.09 Å². The molecule has 1 aromatic carbocycles. The molecule has 0 saturated carbocycles. The molecule has 0 unspecified atom stereocenters. The number of cyclic esters (lactones) is 1. The number of imide groups is 1. The summed E-state index contributed by atoms with van der Waals surface area (Å²) in [6.07, 6.45) is -1.74. The van der Waals surface area contributed by atoms with E-state index in [0.717, 1.165) is 17.0 Å². The Labute approximate surface area is 141 Å². The highest BCUT2D eigenvalue weighted by molar-refractivity contribution is 5.96. The number of carbonyl (C=O) groups is 3. The highest BCUT2D eigenvalue weighted by Crippen LogP contribution is 2.31. The highest BCUT2D eigenvalue weighted by atomic mass is 19.1. The number of anilines is 2. The summed E-state index contributed by atoms with van der Waals surface area (Å²) in [6, 6.07) is 2.11. The maximum absolute atomic E-state index is 14.3. The summed E-state index contributed by atoms with van der Waals surface area (Å²) in [6.45, 7) is 1.28. The highest BCUT2D eigenvalue weighted by Gasteiger charge is 2.33. The Balaban J connectivity index is 1.77. The first kappa shape index (κ1) is 17.1. The van der Waals surface area contributed by atoms with Gasteiger partial charge in [-0.2, -0.15) is 0 Å². The van der Waals surface area contributed by atoms with E-state index in [1.165, 1.54) is 11.8 Å². The summed E-state index contributed by atoms with van der Waals surface area (Å²) >= 11 is 0. The molecule has 2 fully saturated rings.